The van der Waals surface area contributed by atoms with Gasteiger partial charge in [-0.05, 0) is 12.8 Å². The van der Waals surface area contributed by atoms with Crippen LogP contribution in [0.5, 0.6) is 0 Å². The largest absolute Gasteiger partial charge is 0.396 e. The zero-order valence-electron chi connectivity index (χ0n) is 9.78. The van der Waals surface area contributed by atoms with Crippen LogP contribution in [0.1, 0.15) is 28.1 Å². The van der Waals surface area contributed by atoms with Crippen molar-refractivity contribution in [2.75, 3.05) is 25.1 Å². The summed E-state index contributed by atoms with van der Waals surface area (Å²) >= 11 is 1.27. The van der Waals surface area contributed by atoms with Crippen LogP contribution in [0.2, 0.25) is 0 Å². The smallest absolute Gasteiger partial charge is 0.265 e. The maximum atomic E-state index is 11.9. The molecule has 2 rings (SSSR count). The number of nitrogens with zero attached hydrogens (tertiary/aromatic N) is 2. The van der Waals surface area contributed by atoms with Crippen molar-refractivity contribution in [2.45, 2.75) is 18.9 Å². The molecule has 0 radical (unpaired) electrons. The number of carbonyl (C=O) groups excluding carboxylic acids is 1. The third kappa shape index (κ3) is 2.19. The molecule has 0 unspecified atom stereocenters. The summed E-state index contributed by atoms with van der Waals surface area (Å²) in [7, 11) is 3.34. The molecule has 5 nitrogen and oxygen atoms in total. The molecule has 3 N–H and O–H groups in total. The molecule has 0 saturated heterocycles. The van der Waals surface area contributed by atoms with Crippen LogP contribution in [0.4, 0.5) is 10.7 Å². The number of anilines is 2. The zero-order valence-corrected chi connectivity index (χ0v) is 10.6. The van der Waals surface area contributed by atoms with Gasteiger partial charge in [0.2, 0.25) is 0 Å². The van der Waals surface area contributed by atoms with Gasteiger partial charge in [0.25, 0.3) is 5.91 Å². The third-order valence-corrected chi connectivity index (χ3v) is 3.69. The predicted octanol–water partition coefficient (Wildman–Crippen LogP) is 1.48. The SMILES string of the molecule is CN(C)C(=O)c1sc(NC2CC2)c(C#N)c1N. The number of rotatable bonds is 3. The first kappa shape index (κ1) is 11.7. The minimum absolute atomic E-state index is 0.159. The number of hydrogen-bond donors (Lipinski definition) is 2. The van der Waals surface area contributed by atoms with E-state index >= 15 is 0 Å². The molecule has 1 saturated carbocycles. The number of nitriles is 1. The van der Waals surface area contributed by atoms with Gasteiger partial charge in [-0.2, -0.15) is 5.26 Å². The van der Waals surface area contributed by atoms with Crippen molar-refractivity contribution in [2.24, 2.45) is 0 Å². The summed E-state index contributed by atoms with van der Waals surface area (Å²) < 4.78 is 0. The summed E-state index contributed by atoms with van der Waals surface area (Å²) in [5, 5.41) is 13.0. The third-order valence-electron chi connectivity index (χ3n) is 2.57. The van der Waals surface area contributed by atoms with Gasteiger partial charge in [-0.15, -0.1) is 11.3 Å². The Hall–Kier alpha value is -1.74. The first-order valence-corrected chi connectivity index (χ1v) is 6.16. The number of nitrogens with two attached hydrogens (primary N) is 1. The Labute approximate surface area is 104 Å². The molecule has 0 spiro atoms. The van der Waals surface area contributed by atoms with Gasteiger partial charge >= 0.3 is 0 Å². The highest BCUT2D eigenvalue weighted by molar-refractivity contribution is 7.18. The minimum atomic E-state index is -0.159. The Morgan fingerprint density at radius 3 is 2.71 bits per heavy atom. The summed E-state index contributed by atoms with van der Waals surface area (Å²) in [5.41, 5.74) is 6.54. The second-order valence-electron chi connectivity index (χ2n) is 4.28. The molecule has 1 aliphatic carbocycles. The quantitative estimate of drug-likeness (QED) is 0.851. The van der Waals surface area contributed by atoms with Crippen LogP contribution in [0, 0.1) is 11.3 Å². The molecule has 1 fully saturated rings. The standard InChI is InChI=1S/C11H14N4OS/c1-15(2)11(16)9-8(13)7(5-12)10(17-9)14-6-3-4-6/h6,14H,3-4,13H2,1-2H3. The molecule has 17 heavy (non-hydrogen) atoms. The molecule has 0 aliphatic heterocycles. The van der Waals surface area contributed by atoms with E-state index in [4.69, 9.17) is 11.0 Å². The van der Waals surface area contributed by atoms with Crippen LogP contribution >= 0.6 is 11.3 Å². The Bertz CT molecular complexity index is 496. The molecule has 0 atom stereocenters. The molecule has 1 heterocycles. The molecule has 1 aromatic rings. The van der Waals surface area contributed by atoms with Gasteiger partial charge < -0.3 is 16.0 Å². The monoisotopic (exact) mass is 250 g/mol. The van der Waals surface area contributed by atoms with Gasteiger partial charge in [-0.1, -0.05) is 0 Å². The summed E-state index contributed by atoms with van der Waals surface area (Å²) in [4.78, 5) is 13.8. The van der Waals surface area contributed by atoms with E-state index < -0.39 is 0 Å². The van der Waals surface area contributed by atoms with Crippen molar-refractivity contribution < 1.29 is 4.79 Å². The van der Waals surface area contributed by atoms with Crippen LogP contribution in [0.15, 0.2) is 0 Å². The van der Waals surface area contributed by atoms with Crippen molar-refractivity contribution >= 4 is 27.9 Å². The Balaban J connectivity index is 2.37. The lowest BCUT2D eigenvalue weighted by Gasteiger charge is -2.08. The molecule has 0 aromatic carbocycles. The molecule has 1 aromatic heterocycles. The van der Waals surface area contributed by atoms with Crippen molar-refractivity contribution in [3.63, 3.8) is 0 Å². The summed E-state index contributed by atoms with van der Waals surface area (Å²) in [5.74, 6) is -0.159. The van der Waals surface area contributed by atoms with Crippen LogP contribution in [0.3, 0.4) is 0 Å². The topological polar surface area (TPSA) is 82.2 Å². The molecular weight excluding hydrogens is 236 g/mol. The van der Waals surface area contributed by atoms with E-state index in [1.54, 1.807) is 14.1 Å². The molecule has 1 amide bonds. The summed E-state index contributed by atoms with van der Waals surface area (Å²) in [6.07, 6.45) is 2.22. The summed E-state index contributed by atoms with van der Waals surface area (Å²) in [6.45, 7) is 0. The fraction of sp³-hybridized carbons (Fsp3) is 0.455. The van der Waals surface area contributed by atoms with Crippen LogP contribution < -0.4 is 11.1 Å². The van der Waals surface area contributed by atoms with E-state index in [9.17, 15) is 4.79 Å². The highest BCUT2D eigenvalue weighted by atomic mass is 32.1. The lowest BCUT2D eigenvalue weighted by Crippen LogP contribution is -2.21. The number of hydrogen-bond acceptors (Lipinski definition) is 5. The van der Waals surface area contributed by atoms with Gasteiger partial charge in [0.15, 0.2) is 0 Å². The Morgan fingerprint density at radius 2 is 2.24 bits per heavy atom. The van der Waals surface area contributed by atoms with Crippen molar-refractivity contribution in [3.8, 4) is 6.07 Å². The van der Waals surface area contributed by atoms with Gasteiger partial charge in [0.1, 0.15) is 21.5 Å². The maximum Gasteiger partial charge on any atom is 0.265 e. The van der Waals surface area contributed by atoms with Crippen LogP contribution in [-0.2, 0) is 0 Å². The number of carbonyl (C=O) groups is 1. The highest BCUT2D eigenvalue weighted by Gasteiger charge is 2.27. The number of amides is 1. The molecular formula is C11H14N4OS. The molecule has 1 aliphatic rings. The first-order chi connectivity index (χ1) is 8.04. The van der Waals surface area contributed by atoms with Gasteiger partial charge in [-0.3, -0.25) is 4.79 Å². The van der Waals surface area contributed by atoms with Crippen molar-refractivity contribution in [1.29, 1.82) is 5.26 Å². The lowest BCUT2D eigenvalue weighted by molar-refractivity contribution is 0.0833. The maximum absolute atomic E-state index is 11.9. The average molecular weight is 250 g/mol. The lowest BCUT2D eigenvalue weighted by atomic mass is 10.2. The first-order valence-electron chi connectivity index (χ1n) is 5.35. The number of nitrogen functional groups attached to an aromatic ring is 1. The second kappa shape index (κ2) is 4.26. The summed E-state index contributed by atoms with van der Waals surface area (Å²) in [6, 6.07) is 2.50. The minimum Gasteiger partial charge on any atom is -0.396 e. The molecule has 90 valence electrons. The van der Waals surface area contributed by atoms with E-state index in [1.165, 1.54) is 16.2 Å². The van der Waals surface area contributed by atoms with Gasteiger partial charge in [0.05, 0.1) is 5.69 Å². The predicted molar refractivity (Wildman–Crippen MR) is 68.1 cm³/mol. The van der Waals surface area contributed by atoms with Gasteiger partial charge in [0, 0.05) is 20.1 Å². The van der Waals surface area contributed by atoms with E-state index in [0.717, 1.165) is 17.8 Å². The fourth-order valence-electron chi connectivity index (χ4n) is 1.43. The van der Waals surface area contributed by atoms with Crippen molar-refractivity contribution in [1.82, 2.24) is 4.90 Å². The van der Waals surface area contributed by atoms with Crippen molar-refractivity contribution in [3.05, 3.63) is 10.4 Å². The van der Waals surface area contributed by atoms with Crippen LogP contribution in [0.25, 0.3) is 0 Å². The van der Waals surface area contributed by atoms with E-state index in [0.29, 0.717) is 22.2 Å². The second-order valence-corrected chi connectivity index (χ2v) is 5.30. The average Bonchev–Trinajstić information content (AvgIpc) is 3.03. The fourth-order valence-corrected chi connectivity index (χ4v) is 2.60. The van der Waals surface area contributed by atoms with E-state index in [-0.39, 0.29) is 5.91 Å². The normalized spacial score (nSPS) is 14.2. The Morgan fingerprint density at radius 1 is 1.59 bits per heavy atom. The molecule has 6 heteroatoms. The van der Waals surface area contributed by atoms with E-state index in [2.05, 4.69) is 11.4 Å². The van der Waals surface area contributed by atoms with E-state index in [1.807, 2.05) is 0 Å². The van der Waals surface area contributed by atoms with Crippen LogP contribution in [-0.4, -0.2) is 30.9 Å². The van der Waals surface area contributed by atoms with Gasteiger partial charge in [-0.25, -0.2) is 0 Å². The highest BCUT2D eigenvalue weighted by Crippen LogP contribution is 2.38. The molecule has 0 bridgehead atoms. The number of nitrogens with one attached hydrogen (secondary N) is 1. The zero-order chi connectivity index (χ0) is 12.6. The Kier molecular flexibility index (Phi) is 2.94. The number of thiophene rings is 1.